The van der Waals surface area contributed by atoms with Gasteiger partial charge in [-0.3, -0.25) is 0 Å². The molecule has 0 fully saturated rings. The highest BCUT2D eigenvalue weighted by molar-refractivity contribution is 6.20. The van der Waals surface area contributed by atoms with Gasteiger partial charge in [-0.25, -0.2) is 0 Å². The van der Waals surface area contributed by atoms with Crippen LogP contribution in [0.4, 0.5) is 0 Å². The molecule has 0 N–H and O–H groups in total. The van der Waals surface area contributed by atoms with E-state index in [4.69, 9.17) is 21.1 Å². The Morgan fingerprint density at radius 1 is 0.789 bits per heavy atom. The molecule has 0 amide bonds. The SMILES string of the molecule is ClC(CCOc1ccccc1)COc1ccccc1. The van der Waals surface area contributed by atoms with Gasteiger partial charge in [0.2, 0.25) is 0 Å². The Labute approximate surface area is 118 Å². The minimum atomic E-state index is -0.0519. The zero-order chi connectivity index (χ0) is 13.3. The van der Waals surface area contributed by atoms with Gasteiger partial charge in [-0.15, -0.1) is 11.6 Å². The number of rotatable bonds is 7. The van der Waals surface area contributed by atoms with Crippen LogP contribution in [0, 0.1) is 0 Å². The van der Waals surface area contributed by atoms with Crippen molar-refractivity contribution in [2.45, 2.75) is 11.8 Å². The van der Waals surface area contributed by atoms with Crippen LogP contribution in [0.5, 0.6) is 11.5 Å². The summed E-state index contributed by atoms with van der Waals surface area (Å²) < 4.78 is 11.2. The summed E-state index contributed by atoms with van der Waals surface area (Å²) in [5, 5.41) is -0.0519. The number of halogens is 1. The summed E-state index contributed by atoms with van der Waals surface area (Å²) in [7, 11) is 0. The zero-order valence-corrected chi connectivity index (χ0v) is 11.4. The molecule has 0 aliphatic carbocycles. The van der Waals surface area contributed by atoms with Gasteiger partial charge in [0.15, 0.2) is 0 Å². The molecule has 1 atom stereocenters. The van der Waals surface area contributed by atoms with Gasteiger partial charge in [0, 0.05) is 6.42 Å². The maximum absolute atomic E-state index is 6.19. The second-order valence-corrected chi connectivity index (χ2v) is 4.79. The van der Waals surface area contributed by atoms with Crippen molar-refractivity contribution in [2.24, 2.45) is 0 Å². The van der Waals surface area contributed by atoms with Gasteiger partial charge in [0.05, 0.1) is 12.0 Å². The lowest BCUT2D eigenvalue weighted by Crippen LogP contribution is -2.15. The molecule has 100 valence electrons. The summed E-state index contributed by atoms with van der Waals surface area (Å²) in [5.74, 6) is 1.72. The Morgan fingerprint density at radius 3 is 1.89 bits per heavy atom. The summed E-state index contributed by atoms with van der Waals surface area (Å²) in [6, 6.07) is 19.4. The van der Waals surface area contributed by atoms with Crippen LogP contribution in [0.25, 0.3) is 0 Å². The summed E-state index contributed by atoms with van der Waals surface area (Å²) in [5.41, 5.74) is 0. The lowest BCUT2D eigenvalue weighted by Gasteiger charge is -2.12. The molecule has 2 aromatic carbocycles. The van der Waals surface area contributed by atoms with E-state index in [1.165, 1.54) is 0 Å². The standard InChI is InChI=1S/C16H17ClO2/c17-14(13-19-16-9-5-2-6-10-16)11-12-18-15-7-3-1-4-8-15/h1-10,14H,11-13H2. The van der Waals surface area contributed by atoms with Gasteiger partial charge in [0.1, 0.15) is 18.1 Å². The molecule has 0 bridgehead atoms. The highest BCUT2D eigenvalue weighted by Crippen LogP contribution is 2.13. The molecule has 0 aliphatic rings. The van der Waals surface area contributed by atoms with Crippen molar-refractivity contribution in [3.05, 3.63) is 60.7 Å². The van der Waals surface area contributed by atoms with Crippen LogP contribution in [0.3, 0.4) is 0 Å². The first kappa shape index (κ1) is 13.8. The van der Waals surface area contributed by atoms with E-state index in [-0.39, 0.29) is 5.38 Å². The molecular formula is C16H17ClO2. The Hall–Kier alpha value is -1.67. The Balaban J connectivity index is 1.64. The summed E-state index contributed by atoms with van der Waals surface area (Å²) >= 11 is 6.19. The third kappa shape index (κ3) is 5.23. The molecule has 1 unspecified atom stereocenters. The van der Waals surface area contributed by atoms with Crippen molar-refractivity contribution < 1.29 is 9.47 Å². The minimum absolute atomic E-state index is 0.0519. The van der Waals surface area contributed by atoms with Crippen molar-refractivity contribution in [3.8, 4) is 11.5 Å². The number of hydrogen-bond donors (Lipinski definition) is 0. The fourth-order valence-electron chi connectivity index (χ4n) is 1.61. The van der Waals surface area contributed by atoms with Gasteiger partial charge in [0.25, 0.3) is 0 Å². The fraction of sp³-hybridized carbons (Fsp3) is 0.250. The maximum Gasteiger partial charge on any atom is 0.119 e. The average molecular weight is 277 g/mol. The lowest BCUT2D eigenvalue weighted by atomic mass is 10.3. The molecule has 2 aromatic rings. The number of ether oxygens (including phenoxy) is 2. The Morgan fingerprint density at radius 2 is 1.32 bits per heavy atom. The van der Waals surface area contributed by atoms with Crippen LogP contribution in [-0.2, 0) is 0 Å². The highest BCUT2D eigenvalue weighted by atomic mass is 35.5. The van der Waals surface area contributed by atoms with Crippen LogP contribution in [0.15, 0.2) is 60.7 Å². The number of para-hydroxylation sites is 2. The smallest absolute Gasteiger partial charge is 0.119 e. The predicted molar refractivity (Wildman–Crippen MR) is 78.1 cm³/mol. The fourth-order valence-corrected chi connectivity index (χ4v) is 1.76. The molecule has 0 spiro atoms. The van der Waals surface area contributed by atoms with Crippen molar-refractivity contribution in [1.82, 2.24) is 0 Å². The predicted octanol–water partition coefficient (Wildman–Crippen LogP) is 4.14. The third-order valence-corrected chi connectivity index (χ3v) is 2.96. The van der Waals surface area contributed by atoms with E-state index in [1.54, 1.807) is 0 Å². The second-order valence-electron chi connectivity index (χ2n) is 4.17. The molecule has 2 nitrogen and oxygen atoms in total. The molecule has 0 saturated carbocycles. The van der Waals surface area contributed by atoms with E-state index in [9.17, 15) is 0 Å². The quantitative estimate of drug-likeness (QED) is 0.708. The van der Waals surface area contributed by atoms with E-state index in [0.29, 0.717) is 13.2 Å². The van der Waals surface area contributed by atoms with Gasteiger partial charge >= 0.3 is 0 Å². The van der Waals surface area contributed by atoms with Gasteiger partial charge < -0.3 is 9.47 Å². The third-order valence-electron chi connectivity index (χ3n) is 2.62. The van der Waals surface area contributed by atoms with Crippen LogP contribution in [0.1, 0.15) is 6.42 Å². The molecule has 2 rings (SSSR count). The van der Waals surface area contributed by atoms with Crippen LogP contribution < -0.4 is 9.47 Å². The van der Waals surface area contributed by atoms with E-state index in [1.807, 2.05) is 60.7 Å². The van der Waals surface area contributed by atoms with Crippen LogP contribution in [0.2, 0.25) is 0 Å². The van der Waals surface area contributed by atoms with Gasteiger partial charge in [-0.2, -0.15) is 0 Å². The molecule has 19 heavy (non-hydrogen) atoms. The summed E-state index contributed by atoms with van der Waals surface area (Å²) in [6.07, 6.45) is 0.753. The lowest BCUT2D eigenvalue weighted by molar-refractivity contribution is 0.269. The van der Waals surface area contributed by atoms with Crippen LogP contribution >= 0.6 is 11.6 Å². The van der Waals surface area contributed by atoms with Gasteiger partial charge in [-0.05, 0) is 24.3 Å². The van der Waals surface area contributed by atoms with E-state index in [0.717, 1.165) is 17.9 Å². The summed E-state index contributed by atoms with van der Waals surface area (Å²) in [6.45, 7) is 1.08. The van der Waals surface area contributed by atoms with Crippen molar-refractivity contribution in [1.29, 1.82) is 0 Å². The molecule has 0 saturated heterocycles. The zero-order valence-electron chi connectivity index (χ0n) is 10.7. The molecular weight excluding hydrogens is 260 g/mol. The topological polar surface area (TPSA) is 18.5 Å². The van der Waals surface area contributed by atoms with Crippen LogP contribution in [-0.4, -0.2) is 18.6 Å². The van der Waals surface area contributed by atoms with E-state index < -0.39 is 0 Å². The normalized spacial score (nSPS) is 11.8. The molecule has 0 aliphatic heterocycles. The van der Waals surface area contributed by atoms with Crippen molar-refractivity contribution >= 4 is 11.6 Å². The second kappa shape index (κ2) is 7.70. The average Bonchev–Trinajstić information content (AvgIpc) is 2.47. The number of benzene rings is 2. The first-order valence-electron chi connectivity index (χ1n) is 6.34. The van der Waals surface area contributed by atoms with E-state index >= 15 is 0 Å². The monoisotopic (exact) mass is 276 g/mol. The molecule has 3 heteroatoms. The molecule has 0 heterocycles. The maximum atomic E-state index is 6.19. The Bertz CT molecular complexity index is 459. The van der Waals surface area contributed by atoms with E-state index in [2.05, 4.69) is 0 Å². The van der Waals surface area contributed by atoms with Gasteiger partial charge in [-0.1, -0.05) is 36.4 Å². The first-order chi connectivity index (χ1) is 9.34. The highest BCUT2D eigenvalue weighted by Gasteiger charge is 2.06. The van der Waals surface area contributed by atoms with Crippen molar-refractivity contribution in [2.75, 3.05) is 13.2 Å². The Kier molecular flexibility index (Phi) is 5.57. The summed E-state index contributed by atoms with van der Waals surface area (Å²) in [4.78, 5) is 0. The number of hydrogen-bond acceptors (Lipinski definition) is 2. The van der Waals surface area contributed by atoms with Crippen molar-refractivity contribution in [3.63, 3.8) is 0 Å². The minimum Gasteiger partial charge on any atom is -0.494 e. The number of alkyl halides is 1. The largest absolute Gasteiger partial charge is 0.494 e. The molecule has 0 radical (unpaired) electrons. The molecule has 0 aromatic heterocycles. The first-order valence-corrected chi connectivity index (χ1v) is 6.78.